The molecule has 0 aliphatic rings. The average Bonchev–Trinajstić information content (AvgIpc) is 3.37. The molecule has 0 aliphatic heterocycles. The molecule has 3 rings (SSSR count). The molecule has 0 unspecified atom stereocenters. The van der Waals surface area contributed by atoms with Crippen molar-refractivity contribution in [3.63, 3.8) is 0 Å². The number of benzene rings is 2. The summed E-state index contributed by atoms with van der Waals surface area (Å²) in [6.45, 7) is 4.93. The highest BCUT2D eigenvalue weighted by Gasteiger charge is 2.01. The molecule has 0 radical (unpaired) electrons. The molecule has 33 heavy (non-hydrogen) atoms. The van der Waals surface area contributed by atoms with Crippen molar-refractivity contribution in [3.8, 4) is 22.6 Å². The van der Waals surface area contributed by atoms with Gasteiger partial charge in [0.15, 0.2) is 0 Å². The zero-order valence-electron chi connectivity index (χ0n) is 20.4. The van der Waals surface area contributed by atoms with Crippen LogP contribution in [-0.2, 0) is 6.54 Å². The Morgan fingerprint density at radius 3 is 1.52 bits per heavy atom. The van der Waals surface area contributed by atoms with E-state index in [0.29, 0.717) is 0 Å². The summed E-state index contributed by atoms with van der Waals surface area (Å²) in [6.07, 6.45) is 17.0. The Hall–Kier alpha value is -2.68. The third-order valence-electron chi connectivity index (χ3n) is 6.05. The van der Waals surface area contributed by atoms with E-state index in [0.717, 1.165) is 50.5 Å². The van der Waals surface area contributed by atoms with Gasteiger partial charge in [0.1, 0.15) is 11.5 Å². The minimum absolute atomic E-state index is 0.789. The highest BCUT2D eigenvalue weighted by molar-refractivity contribution is 5.64. The summed E-state index contributed by atoms with van der Waals surface area (Å²) < 4.78 is 14.0. The van der Waals surface area contributed by atoms with Crippen LogP contribution in [0.4, 0.5) is 0 Å². The first-order valence-corrected chi connectivity index (χ1v) is 12.9. The summed E-state index contributed by atoms with van der Waals surface area (Å²) in [7, 11) is 0. The molecule has 2 aromatic carbocycles. The van der Waals surface area contributed by atoms with E-state index in [4.69, 9.17) is 9.47 Å². The number of rotatable bonds is 17. The van der Waals surface area contributed by atoms with E-state index in [1.54, 1.807) is 0 Å². The van der Waals surface area contributed by atoms with Gasteiger partial charge >= 0.3 is 0 Å². The largest absolute Gasteiger partial charge is 0.494 e. The van der Waals surface area contributed by atoms with Crippen LogP contribution in [-0.4, -0.2) is 17.8 Å². The molecule has 0 saturated heterocycles. The van der Waals surface area contributed by atoms with Crippen LogP contribution in [0.5, 0.6) is 11.5 Å². The van der Waals surface area contributed by atoms with Gasteiger partial charge in [0.2, 0.25) is 0 Å². The number of aromatic nitrogens is 1. The second-order valence-electron chi connectivity index (χ2n) is 8.85. The van der Waals surface area contributed by atoms with Crippen LogP contribution in [0.3, 0.4) is 0 Å². The van der Waals surface area contributed by atoms with Crippen LogP contribution < -0.4 is 9.47 Å². The van der Waals surface area contributed by atoms with E-state index in [9.17, 15) is 0 Å². The van der Waals surface area contributed by atoms with E-state index in [-0.39, 0.29) is 0 Å². The smallest absolute Gasteiger partial charge is 0.119 e. The number of unbranched alkanes of at least 4 members (excludes halogenated alkanes) is 8. The molecule has 0 spiro atoms. The molecular weight excluding hydrogens is 406 g/mol. The quantitative estimate of drug-likeness (QED) is 0.194. The fourth-order valence-corrected chi connectivity index (χ4v) is 3.99. The van der Waals surface area contributed by atoms with Crippen LogP contribution in [0.2, 0.25) is 0 Å². The molecule has 0 N–H and O–H groups in total. The number of aryl methyl sites for hydroxylation is 1. The van der Waals surface area contributed by atoms with Crippen molar-refractivity contribution in [1.82, 2.24) is 4.57 Å². The maximum absolute atomic E-state index is 5.94. The molecule has 178 valence electrons. The summed E-state index contributed by atoms with van der Waals surface area (Å²) >= 11 is 0. The lowest BCUT2D eigenvalue weighted by atomic mass is 10.1. The minimum atomic E-state index is 0.789. The molecule has 0 atom stereocenters. The molecule has 1 heterocycles. The number of nitrogens with zero attached hydrogens (tertiary/aromatic N) is 1. The molecule has 3 nitrogen and oxygen atoms in total. The normalized spacial score (nSPS) is 10.9. The van der Waals surface area contributed by atoms with Gasteiger partial charge < -0.3 is 14.0 Å². The van der Waals surface area contributed by atoms with Gasteiger partial charge in [0.05, 0.1) is 13.2 Å². The first kappa shape index (κ1) is 25.0. The second kappa shape index (κ2) is 15.2. The minimum Gasteiger partial charge on any atom is -0.494 e. The maximum Gasteiger partial charge on any atom is 0.119 e. The Labute approximate surface area is 200 Å². The Bertz CT molecular complexity index is 853. The van der Waals surface area contributed by atoms with Gasteiger partial charge in [-0.2, -0.15) is 0 Å². The molecule has 0 amide bonds. The van der Waals surface area contributed by atoms with Gasteiger partial charge in [-0.25, -0.2) is 0 Å². The third-order valence-corrected chi connectivity index (χ3v) is 6.05. The lowest BCUT2D eigenvalue weighted by Gasteiger charge is -2.09. The predicted molar refractivity (Wildman–Crippen MR) is 139 cm³/mol. The lowest BCUT2D eigenvalue weighted by Crippen LogP contribution is -1.97. The molecule has 3 heteroatoms. The maximum atomic E-state index is 5.94. The predicted octanol–water partition coefficient (Wildman–Crippen LogP) is 8.53. The summed E-state index contributed by atoms with van der Waals surface area (Å²) in [6, 6.07) is 21.0. The number of ether oxygens (including phenoxy) is 2. The molecule has 1 aromatic heterocycles. The monoisotopic (exact) mass is 447 g/mol. The third kappa shape index (κ3) is 9.77. The fourth-order valence-electron chi connectivity index (χ4n) is 3.99. The van der Waals surface area contributed by atoms with Gasteiger partial charge in [-0.3, -0.25) is 0 Å². The number of hydrogen-bond donors (Lipinski definition) is 0. The molecule has 0 aliphatic carbocycles. The Balaban J connectivity index is 1.21. The lowest BCUT2D eigenvalue weighted by molar-refractivity contribution is 0.304. The van der Waals surface area contributed by atoms with Gasteiger partial charge in [-0.1, -0.05) is 76.1 Å². The Morgan fingerprint density at radius 1 is 0.545 bits per heavy atom. The molecular formula is C30H41NO2. The van der Waals surface area contributed by atoms with Gasteiger partial charge in [-0.05, 0) is 66.8 Å². The van der Waals surface area contributed by atoms with Crippen molar-refractivity contribution in [2.24, 2.45) is 0 Å². The summed E-state index contributed by atoms with van der Waals surface area (Å²) in [5, 5.41) is 0. The van der Waals surface area contributed by atoms with Crippen LogP contribution in [0.1, 0.15) is 71.1 Å². The van der Waals surface area contributed by atoms with Crippen LogP contribution >= 0.6 is 0 Å². The first-order valence-electron chi connectivity index (χ1n) is 12.9. The van der Waals surface area contributed by atoms with E-state index in [1.807, 2.05) is 0 Å². The highest BCUT2D eigenvalue weighted by atomic mass is 16.5. The first-order chi connectivity index (χ1) is 16.3. The highest BCUT2D eigenvalue weighted by Crippen LogP contribution is 2.25. The van der Waals surface area contributed by atoms with Crippen LogP contribution in [0, 0.1) is 0 Å². The zero-order chi connectivity index (χ0) is 23.0. The summed E-state index contributed by atoms with van der Waals surface area (Å²) in [5.74, 6) is 1.90. The molecule has 0 saturated carbocycles. The van der Waals surface area contributed by atoms with Crippen LogP contribution in [0.15, 0.2) is 73.1 Å². The second-order valence-corrected chi connectivity index (χ2v) is 8.85. The van der Waals surface area contributed by atoms with E-state index < -0.39 is 0 Å². The number of hydrogen-bond acceptors (Lipinski definition) is 2. The molecule has 3 aromatic rings. The zero-order valence-corrected chi connectivity index (χ0v) is 20.4. The topological polar surface area (TPSA) is 23.4 Å². The Morgan fingerprint density at radius 2 is 1.00 bits per heavy atom. The van der Waals surface area contributed by atoms with Gasteiger partial charge in [0, 0.05) is 18.9 Å². The van der Waals surface area contributed by atoms with E-state index >= 15 is 0 Å². The van der Waals surface area contributed by atoms with Gasteiger partial charge in [-0.15, -0.1) is 0 Å². The van der Waals surface area contributed by atoms with Crippen molar-refractivity contribution < 1.29 is 9.47 Å². The van der Waals surface area contributed by atoms with Crippen LogP contribution in [0.25, 0.3) is 11.1 Å². The fraction of sp³-hybridized carbons (Fsp3) is 0.467. The molecule has 0 bridgehead atoms. The standard InChI is InChI=1S/C30H41NO2/c1-2-3-25-32-29-18-14-27(15-19-29)28-16-20-30(21-17-28)33-26-13-9-7-5-4-6-8-10-22-31-23-11-12-24-31/h11-12,14-21,23-24H,2-10,13,22,25-26H2,1H3. The van der Waals surface area contributed by atoms with Crippen molar-refractivity contribution >= 4 is 0 Å². The van der Waals surface area contributed by atoms with Gasteiger partial charge in [0.25, 0.3) is 0 Å². The SMILES string of the molecule is CCCCOc1ccc(-c2ccc(OCCCCCCCCCCn3cccc3)cc2)cc1. The Kier molecular flexibility index (Phi) is 11.5. The van der Waals surface area contributed by atoms with E-state index in [1.165, 1.54) is 56.1 Å². The van der Waals surface area contributed by atoms with Crippen molar-refractivity contribution in [1.29, 1.82) is 0 Å². The van der Waals surface area contributed by atoms with E-state index in [2.05, 4.69) is 84.5 Å². The van der Waals surface area contributed by atoms with Crippen molar-refractivity contribution in [2.45, 2.75) is 77.7 Å². The summed E-state index contributed by atoms with van der Waals surface area (Å²) in [5.41, 5.74) is 2.41. The van der Waals surface area contributed by atoms with Crippen molar-refractivity contribution in [2.75, 3.05) is 13.2 Å². The van der Waals surface area contributed by atoms with Crippen molar-refractivity contribution in [3.05, 3.63) is 73.1 Å². The average molecular weight is 448 g/mol. The molecule has 0 fully saturated rings. The summed E-state index contributed by atoms with van der Waals surface area (Å²) in [4.78, 5) is 0.